The summed E-state index contributed by atoms with van der Waals surface area (Å²) in [4.78, 5) is 11.9. The molecule has 0 aromatic heterocycles. The van der Waals surface area contributed by atoms with Crippen LogP contribution in [0.5, 0.6) is 5.75 Å². The molecule has 0 spiro atoms. The van der Waals surface area contributed by atoms with Crippen molar-refractivity contribution in [3.05, 3.63) is 46.4 Å². The van der Waals surface area contributed by atoms with Gasteiger partial charge in [-0.15, -0.1) is 0 Å². The second kappa shape index (κ2) is 6.10. The molecule has 0 saturated carbocycles. The maximum Gasteiger partial charge on any atom is 0.265 e. The predicted molar refractivity (Wildman–Crippen MR) is 94.8 cm³/mol. The van der Waals surface area contributed by atoms with E-state index in [2.05, 4.69) is 26.0 Å². The molecule has 0 fully saturated rings. The number of hydrogen-bond acceptors (Lipinski definition) is 4. The Kier molecular flexibility index (Phi) is 4.27. The molecule has 2 aromatic carbocycles. The molecule has 0 aliphatic carbocycles. The lowest BCUT2D eigenvalue weighted by Gasteiger charge is -2.23. The van der Waals surface area contributed by atoms with E-state index in [-0.39, 0.29) is 10.8 Å². The average molecular weight is 411 g/mol. The van der Waals surface area contributed by atoms with Crippen LogP contribution in [0, 0.1) is 6.92 Å². The SMILES string of the molecule is Cc1ccc(Br)cc1S(=O)(=O)Nc1ccc2c(c1)NC(=O)C(C)O2. The van der Waals surface area contributed by atoms with Gasteiger partial charge in [-0.25, -0.2) is 8.42 Å². The largest absolute Gasteiger partial charge is 0.479 e. The van der Waals surface area contributed by atoms with Crippen LogP contribution in [0.15, 0.2) is 45.8 Å². The molecular weight excluding hydrogens is 396 g/mol. The molecule has 2 N–H and O–H groups in total. The Balaban J connectivity index is 1.92. The van der Waals surface area contributed by atoms with Crippen molar-refractivity contribution >= 4 is 43.2 Å². The summed E-state index contributed by atoms with van der Waals surface area (Å²) in [6.07, 6.45) is -0.579. The summed E-state index contributed by atoms with van der Waals surface area (Å²) in [5.74, 6) is 0.231. The predicted octanol–water partition coefficient (Wildman–Crippen LogP) is 3.28. The third kappa shape index (κ3) is 3.25. The van der Waals surface area contributed by atoms with Crippen LogP contribution in [0.2, 0.25) is 0 Å². The summed E-state index contributed by atoms with van der Waals surface area (Å²) < 4.78 is 33.9. The molecule has 6 nitrogen and oxygen atoms in total. The molecule has 1 heterocycles. The zero-order chi connectivity index (χ0) is 17.5. The Bertz CT molecular complexity index is 928. The number of hydrogen-bond donors (Lipinski definition) is 2. The fourth-order valence-corrected chi connectivity index (χ4v) is 4.18. The number of anilines is 2. The highest BCUT2D eigenvalue weighted by molar-refractivity contribution is 9.10. The molecule has 2 aromatic rings. The number of amides is 1. The van der Waals surface area contributed by atoms with Gasteiger partial charge in [-0.1, -0.05) is 22.0 Å². The molecule has 3 rings (SSSR count). The van der Waals surface area contributed by atoms with Crippen molar-refractivity contribution in [3.8, 4) is 5.75 Å². The minimum Gasteiger partial charge on any atom is -0.479 e. The minimum absolute atomic E-state index is 0.184. The first-order valence-corrected chi connectivity index (χ1v) is 9.44. The van der Waals surface area contributed by atoms with Crippen molar-refractivity contribution < 1.29 is 17.9 Å². The number of aryl methyl sites for hydroxylation is 1. The smallest absolute Gasteiger partial charge is 0.265 e. The molecule has 1 amide bonds. The van der Waals surface area contributed by atoms with Gasteiger partial charge in [0.25, 0.3) is 15.9 Å². The molecule has 24 heavy (non-hydrogen) atoms. The Labute approximate surface area is 148 Å². The number of halogens is 1. The number of carbonyl (C=O) groups is 1. The van der Waals surface area contributed by atoms with E-state index in [9.17, 15) is 13.2 Å². The maximum absolute atomic E-state index is 12.6. The number of rotatable bonds is 3. The van der Waals surface area contributed by atoms with Gasteiger partial charge >= 0.3 is 0 Å². The first-order chi connectivity index (χ1) is 11.3. The molecule has 1 aliphatic rings. The molecule has 1 unspecified atom stereocenters. The molecule has 8 heteroatoms. The Morgan fingerprint density at radius 2 is 1.96 bits per heavy atom. The quantitative estimate of drug-likeness (QED) is 0.812. The number of nitrogens with one attached hydrogen (secondary N) is 2. The van der Waals surface area contributed by atoms with Crippen LogP contribution in [0.1, 0.15) is 12.5 Å². The summed E-state index contributed by atoms with van der Waals surface area (Å²) >= 11 is 3.28. The molecule has 1 atom stereocenters. The number of fused-ring (bicyclic) bond motifs is 1. The van der Waals surface area contributed by atoms with Gasteiger partial charge in [-0.05, 0) is 49.7 Å². The van der Waals surface area contributed by atoms with E-state index in [1.54, 1.807) is 44.2 Å². The highest BCUT2D eigenvalue weighted by Crippen LogP contribution is 2.33. The highest BCUT2D eigenvalue weighted by Gasteiger charge is 2.24. The second-order valence-corrected chi connectivity index (χ2v) is 8.04. The van der Waals surface area contributed by atoms with Crippen molar-refractivity contribution in [3.63, 3.8) is 0 Å². The number of sulfonamides is 1. The van der Waals surface area contributed by atoms with Gasteiger partial charge in [0.2, 0.25) is 0 Å². The fraction of sp³-hybridized carbons (Fsp3) is 0.188. The van der Waals surface area contributed by atoms with Crippen molar-refractivity contribution in [2.24, 2.45) is 0 Å². The van der Waals surface area contributed by atoms with Gasteiger partial charge in [0, 0.05) is 4.47 Å². The van der Waals surface area contributed by atoms with Gasteiger partial charge in [0.15, 0.2) is 6.10 Å². The zero-order valence-corrected chi connectivity index (χ0v) is 15.4. The van der Waals surface area contributed by atoms with Crippen LogP contribution >= 0.6 is 15.9 Å². The standard InChI is InChI=1S/C16H15BrN2O4S/c1-9-3-4-11(17)7-15(9)24(21,22)19-12-5-6-14-13(8-12)18-16(20)10(2)23-14/h3-8,10,19H,1-2H3,(H,18,20). The van der Waals surface area contributed by atoms with E-state index in [0.717, 1.165) is 0 Å². The molecule has 0 saturated heterocycles. The molecular formula is C16H15BrN2O4S. The summed E-state index contributed by atoms with van der Waals surface area (Å²) in [5, 5.41) is 2.69. The second-order valence-electron chi connectivity index (χ2n) is 5.48. The first-order valence-electron chi connectivity index (χ1n) is 7.17. The van der Waals surface area contributed by atoms with E-state index in [1.807, 2.05) is 0 Å². The van der Waals surface area contributed by atoms with Crippen LogP contribution in [-0.2, 0) is 14.8 Å². The van der Waals surface area contributed by atoms with Crippen LogP contribution < -0.4 is 14.8 Å². The summed E-state index contributed by atoms with van der Waals surface area (Å²) in [6.45, 7) is 3.37. The fourth-order valence-electron chi connectivity index (χ4n) is 2.35. The number of benzene rings is 2. The van der Waals surface area contributed by atoms with Gasteiger partial charge in [0.05, 0.1) is 16.3 Å². The maximum atomic E-state index is 12.6. The monoisotopic (exact) mass is 410 g/mol. The van der Waals surface area contributed by atoms with E-state index in [0.29, 0.717) is 27.2 Å². The lowest BCUT2D eigenvalue weighted by atomic mass is 10.2. The third-order valence-corrected chi connectivity index (χ3v) is 5.62. The summed E-state index contributed by atoms with van der Waals surface area (Å²) in [7, 11) is -3.75. The Morgan fingerprint density at radius 1 is 1.21 bits per heavy atom. The molecule has 0 radical (unpaired) electrons. The van der Waals surface area contributed by atoms with Crippen LogP contribution in [0.3, 0.4) is 0 Å². The number of ether oxygens (including phenoxy) is 1. The van der Waals surface area contributed by atoms with E-state index in [1.165, 1.54) is 6.07 Å². The normalized spacial score (nSPS) is 16.8. The Morgan fingerprint density at radius 3 is 2.71 bits per heavy atom. The van der Waals surface area contributed by atoms with Crippen molar-refractivity contribution in [1.29, 1.82) is 0 Å². The van der Waals surface area contributed by atoms with Crippen molar-refractivity contribution in [2.45, 2.75) is 24.8 Å². The summed E-state index contributed by atoms with van der Waals surface area (Å²) in [5.41, 5.74) is 1.41. The van der Waals surface area contributed by atoms with E-state index < -0.39 is 16.1 Å². The average Bonchev–Trinajstić information content (AvgIpc) is 2.50. The molecule has 126 valence electrons. The minimum atomic E-state index is -3.75. The van der Waals surface area contributed by atoms with Gasteiger partial charge in [-0.2, -0.15) is 0 Å². The lowest BCUT2D eigenvalue weighted by molar-refractivity contribution is -0.122. The lowest BCUT2D eigenvalue weighted by Crippen LogP contribution is -2.34. The summed E-state index contributed by atoms with van der Waals surface area (Å²) in [6, 6.07) is 9.79. The van der Waals surface area contributed by atoms with Gasteiger partial charge < -0.3 is 10.1 Å². The van der Waals surface area contributed by atoms with E-state index in [4.69, 9.17) is 4.74 Å². The van der Waals surface area contributed by atoms with Crippen LogP contribution in [-0.4, -0.2) is 20.4 Å². The first kappa shape index (κ1) is 16.8. The third-order valence-electron chi connectivity index (χ3n) is 3.60. The molecule has 0 bridgehead atoms. The van der Waals surface area contributed by atoms with E-state index >= 15 is 0 Å². The van der Waals surface area contributed by atoms with Crippen molar-refractivity contribution in [1.82, 2.24) is 0 Å². The topological polar surface area (TPSA) is 84.5 Å². The Hall–Kier alpha value is -2.06. The van der Waals surface area contributed by atoms with Gasteiger partial charge in [-0.3, -0.25) is 9.52 Å². The van der Waals surface area contributed by atoms with Gasteiger partial charge in [0.1, 0.15) is 5.75 Å². The highest BCUT2D eigenvalue weighted by atomic mass is 79.9. The number of carbonyl (C=O) groups excluding carboxylic acids is 1. The van der Waals surface area contributed by atoms with Crippen LogP contribution in [0.25, 0.3) is 0 Å². The van der Waals surface area contributed by atoms with Crippen LogP contribution in [0.4, 0.5) is 11.4 Å². The molecule has 1 aliphatic heterocycles. The zero-order valence-electron chi connectivity index (χ0n) is 13.0. The van der Waals surface area contributed by atoms with Crippen molar-refractivity contribution in [2.75, 3.05) is 10.0 Å².